The number of rotatable bonds is 7. The van der Waals surface area contributed by atoms with Gasteiger partial charge in [-0.25, -0.2) is 4.79 Å². The molecular weight excluding hydrogens is 432 g/mol. The summed E-state index contributed by atoms with van der Waals surface area (Å²) in [4.78, 5) is 36.7. The number of ether oxygens (including phenoxy) is 2. The zero-order chi connectivity index (χ0) is 22.8. The molecule has 164 valence electrons. The van der Waals surface area contributed by atoms with Crippen LogP contribution in [-0.2, 0) is 9.59 Å². The maximum Gasteiger partial charge on any atom is 0.346 e. The number of nitrogens with two attached hydrogens (primary N) is 1. The van der Waals surface area contributed by atoms with Gasteiger partial charge in [0, 0.05) is 22.8 Å². The number of carbonyl (C=O) groups is 3. The number of carboxylic acids is 1. The summed E-state index contributed by atoms with van der Waals surface area (Å²) < 4.78 is 10.8. The van der Waals surface area contributed by atoms with Crippen molar-refractivity contribution in [2.45, 2.75) is 12.3 Å². The van der Waals surface area contributed by atoms with Crippen LogP contribution in [0.2, 0.25) is 0 Å². The number of anilines is 1. The predicted octanol–water partition coefficient (Wildman–Crippen LogP) is 3.46. The zero-order valence-corrected chi connectivity index (χ0v) is 17.9. The number of aromatic carboxylic acids is 1. The Bertz CT molecular complexity index is 1200. The van der Waals surface area contributed by atoms with Crippen LogP contribution in [0.4, 0.5) is 5.69 Å². The fourth-order valence-electron chi connectivity index (χ4n) is 3.76. The maximum absolute atomic E-state index is 12.6. The van der Waals surface area contributed by atoms with Crippen molar-refractivity contribution < 1.29 is 29.0 Å². The van der Waals surface area contributed by atoms with E-state index in [1.807, 2.05) is 30.3 Å². The largest absolute Gasteiger partial charge is 0.493 e. The first-order valence-corrected chi connectivity index (χ1v) is 10.5. The highest BCUT2D eigenvalue weighted by Gasteiger charge is 2.34. The summed E-state index contributed by atoms with van der Waals surface area (Å²) in [5.74, 6) is -1.57. The van der Waals surface area contributed by atoms with Gasteiger partial charge in [0.1, 0.15) is 4.88 Å². The predicted molar refractivity (Wildman–Crippen MR) is 119 cm³/mol. The highest BCUT2D eigenvalue weighted by molar-refractivity contribution is 7.15. The molecule has 9 heteroatoms. The lowest BCUT2D eigenvalue weighted by Gasteiger charge is -2.24. The summed E-state index contributed by atoms with van der Waals surface area (Å²) >= 11 is 1.14. The minimum absolute atomic E-state index is 0.141. The Hall–Kier alpha value is -3.85. The Morgan fingerprint density at radius 1 is 1.19 bits per heavy atom. The molecule has 1 atom stereocenters. The molecule has 0 bridgehead atoms. The molecule has 0 unspecified atom stereocenters. The molecule has 8 nitrogen and oxygen atoms in total. The van der Waals surface area contributed by atoms with E-state index < -0.39 is 11.9 Å². The minimum atomic E-state index is -1.06. The smallest absolute Gasteiger partial charge is 0.346 e. The van der Waals surface area contributed by atoms with Gasteiger partial charge in [0.25, 0.3) is 5.91 Å². The molecule has 4 rings (SSSR count). The second kappa shape index (κ2) is 8.72. The van der Waals surface area contributed by atoms with Crippen LogP contribution in [0.5, 0.6) is 11.5 Å². The molecule has 4 N–H and O–H groups in total. The fourth-order valence-corrected chi connectivity index (χ4v) is 5.00. The monoisotopic (exact) mass is 452 g/mol. The van der Waals surface area contributed by atoms with Crippen molar-refractivity contribution in [1.82, 2.24) is 0 Å². The summed E-state index contributed by atoms with van der Waals surface area (Å²) in [7, 11) is 1.48. The number of thiophene rings is 1. The van der Waals surface area contributed by atoms with Crippen molar-refractivity contribution in [3.05, 3.63) is 63.8 Å². The van der Waals surface area contributed by atoms with Gasteiger partial charge < -0.3 is 25.6 Å². The second-order valence-electron chi connectivity index (χ2n) is 7.19. The number of methoxy groups -OCH3 is 1. The normalized spacial score (nSPS) is 14.9. The topological polar surface area (TPSA) is 128 Å². The lowest BCUT2D eigenvalue weighted by molar-refractivity contribution is -0.120. The first kappa shape index (κ1) is 21.4. The SMILES string of the molecule is COc1ccc([C@@H]2CC(=O)Nc3c2sc(C(=O)O)c3-c2ccccc2)cc1OCC(N)=O. The van der Waals surface area contributed by atoms with Gasteiger partial charge >= 0.3 is 5.97 Å². The van der Waals surface area contributed by atoms with Crippen LogP contribution < -0.4 is 20.5 Å². The summed E-state index contributed by atoms with van der Waals surface area (Å²) in [6.07, 6.45) is 0.141. The molecule has 0 aliphatic carbocycles. The Labute approximate surface area is 187 Å². The lowest BCUT2D eigenvalue weighted by atomic mass is 9.88. The Morgan fingerprint density at radius 3 is 2.59 bits per heavy atom. The molecule has 1 aromatic heterocycles. The van der Waals surface area contributed by atoms with E-state index in [2.05, 4.69) is 5.32 Å². The molecule has 0 radical (unpaired) electrons. The molecule has 32 heavy (non-hydrogen) atoms. The number of amides is 2. The van der Waals surface area contributed by atoms with Crippen LogP contribution in [0.25, 0.3) is 11.1 Å². The maximum atomic E-state index is 12.6. The lowest BCUT2D eigenvalue weighted by Crippen LogP contribution is -2.23. The van der Waals surface area contributed by atoms with Crippen molar-refractivity contribution in [2.24, 2.45) is 5.73 Å². The highest BCUT2D eigenvalue weighted by Crippen LogP contribution is 2.50. The molecule has 2 amide bonds. The van der Waals surface area contributed by atoms with Gasteiger partial charge in [-0.05, 0) is 23.3 Å². The number of nitrogens with one attached hydrogen (secondary N) is 1. The van der Waals surface area contributed by atoms with Crippen LogP contribution in [-0.4, -0.2) is 36.6 Å². The van der Waals surface area contributed by atoms with Crippen LogP contribution in [0.1, 0.15) is 32.5 Å². The molecular formula is C23H20N2O6S. The molecule has 0 fully saturated rings. The van der Waals surface area contributed by atoms with Gasteiger partial charge in [-0.1, -0.05) is 36.4 Å². The number of hydrogen-bond acceptors (Lipinski definition) is 6. The number of benzene rings is 2. The number of carbonyl (C=O) groups excluding carboxylic acids is 2. The number of carboxylic acid groups (broad SMARTS) is 1. The van der Waals surface area contributed by atoms with Crippen LogP contribution in [0, 0.1) is 0 Å². The molecule has 1 aliphatic heterocycles. The molecule has 0 saturated carbocycles. The van der Waals surface area contributed by atoms with E-state index in [0.29, 0.717) is 28.3 Å². The number of hydrogen-bond donors (Lipinski definition) is 3. The Kier molecular flexibility index (Phi) is 5.83. The van der Waals surface area contributed by atoms with E-state index in [-0.39, 0.29) is 29.7 Å². The molecule has 2 heterocycles. The Balaban J connectivity index is 1.84. The average molecular weight is 452 g/mol. The average Bonchev–Trinajstić information content (AvgIpc) is 3.17. The molecule has 3 aromatic rings. The van der Waals surface area contributed by atoms with E-state index in [9.17, 15) is 19.5 Å². The number of fused-ring (bicyclic) bond motifs is 1. The van der Waals surface area contributed by atoms with E-state index in [4.69, 9.17) is 15.2 Å². The molecule has 0 saturated heterocycles. The number of primary amides is 1. The molecule has 2 aromatic carbocycles. The summed E-state index contributed by atoms with van der Waals surface area (Å²) in [6, 6.07) is 14.3. The first-order valence-electron chi connectivity index (χ1n) is 9.73. The van der Waals surface area contributed by atoms with Gasteiger partial charge in [0.2, 0.25) is 5.91 Å². The van der Waals surface area contributed by atoms with E-state index in [0.717, 1.165) is 21.8 Å². The second-order valence-corrected chi connectivity index (χ2v) is 8.24. The molecule has 0 spiro atoms. The fraction of sp³-hybridized carbons (Fsp3) is 0.174. The van der Waals surface area contributed by atoms with Crippen molar-refractivity contribution in [3.63, 3.8) is 0 Å². The van der Waals surface area contributed by atoms with E-state index >= 15 is 0 Å². The van der Waals surface area contributed by atoms with Crippen molar-refractivity contribution in [2.75, 3.05) is 19.0 Å². The first-order chi connectivity index (χ1) is 15.4. The van der Waals surface area contributed by atoms with Gasteiger partial charge in [0.05, 0.1) is 12.8 Å². The van der Waals surface area contributed by atoms with Gasteiger partial charge in [-0.2, -0.15) is 0 Å². The van der Waals surface area contributed by atoms with Crippen molar-refractivity contribution in [1.29, 1.82) is 0 Å². The summed E-state index contributed by atoms with van der Waals surface area (Å²) in [6.45, 7) is -0.323. The van der Waals surface area contributed by atoms with Crippen molar-refractivity contribution in [3.8, 4) is 22.6 Å². The van der Waals surface area contributed by atoms with Gasteiger partial charge in [-0.15, -0.1) is 11.3 Å². The minimum Gasteiger partial charge on any atom is -0.493 e. The third-order valence-corrected chi connectivity index (χ3v) is 6.41. The van der Waals surface area contributed by atoms with Crippen molar-refractivity contribution >= 4 is 34.8 Å². The molecule has 1 aliphatic rings. The zero-order valence-electron chi connectivity index (χ0n) is 17.1. The third-order valence-electron chi connectivity index (χ3n) is 5.12. The third kappa shape index (κ3) is 4.02. The Morgan fingerprint density at radius 2 is 1.94 bits per heavy atom. The van der Waals surface area contributed by atoms with Crippen LogP contribution in [0.3, 0.4) is 0 Å². The van der Waals surface area contributed by atoms with Gasteiger partial charge in [-0.3, -0.25) is 9.59 Å². The van der Waals surface area contributed by atoms with Crippen LogP contribution in [0.15, 0.2) is 48.5 Å². The van der Waals surface area contributed by atoms with Gasteiger partial charge in [0.15, 0.2) is 18.1 Å². The highest BCUT2D eigenvalue weighted by atomic mass is 32.1. The van der Waals surface area contributed by atoms with Crippen LogP contribution >= 0.6 is 11.3 Å². The summed E-state index contributed by atoms with van der Waals surface area (Å²) in [5.41, 5.74) is 7.64. The van der Waals surface area contributed by atoms with E-state index in [1.54, 1.807) is 18.2 Å². The summed E-state index contributed by atoms with van der Waals surface area (Å²) in [5, 5.41) is 12.7. The standard InChI is InChI=1S/C23H20N2O6S/c1-30-15-8-7-13(9-16(15)31-11-17(24)26)14-10-18(27)25-20-19(12-5-3-2-4-6-12)22(23(28)29)32-21(14)20/h2-9,14H,10-11H2,1H3,(H2,24,26)(H,25,27)(H,28,29)/t14-/m0/s1. The quantitative estimate of drug-likeness (QED) is 0.504. The van der Waals surface area contributed by atoms with E-state index in [1.165, 1.54) is 7.11 Å².